The molecule has 1 fully saturated rings. The first-order valence-corrected chi connectivity index (χ1v) is 9.07. The Labute approximate surface area is 155 Å². The number of likely N-dealkylation sites (tertiary alicyclic amines) is 1. The van der Waals surface area contributed by atoms with Crippen LogP contribution < -0.4 is 5.32 Å². The minimum Gasteiger partial charge on any atom is -0.368 e. The van der Waals surface area contributed by atoms with E-state index in [1.54, 1.807) is 6.07 Å². The molecule has 3 heterocycles. The van der Waals surface area contributed by atoms with Crippen molar-refractivity contribution in [1.82, 2.24) is 15.1 Å². The number of anilines is 1. The topological polar surface area (TPSA) is 70.2 Å². The summed E-state index contributed by atoms with van der Waals surface area (Å²) < 4.78 is 19.9. The molecule has 0 unspecified atom stereocenters. The van der Waals surface area contributed by atoms with E-state index < -0.39 is 5.82 Å². The van der Waals surface area contributed by atoms with Crippen molar-refractivity contribution in [3.8, 4) is 0 Å². The quantitative estimate of drug-likeness (QED) is 0.861. The number of nitrogens with zero attached hydrogens (tertiary/aromatic N) is 2. The smallest absolute Gasteiger partial charge is 0.238 e. The first-order chi connectivity index (χ1) is 12.6. The van der Waals surface area contributed by atoms with Crippen molar-refractivity contribution < 1.29 is 13.9 Å². The zero-order valence-electron chi connectivity index (χ0n) is 14.2. The number of carbonyl (C=O) groups is 1. The number of rotatable bonds is 3. The summed E-state index contributed by atoms with van der Waals surface area (Å²) in [6.07, 6.45) is 4.35. The van der Waals surface area contributed by atoms with Gasteiger partial charge in [-0.15, -0.1) is 0 Å². The lowest BCUT2D eigenvalue weighted by Gasteiger charge is -2.43. The molecule has 6 nitrogen and oxygen atoms in total. The van der Waals surface area contributed by atoms with Crippen LogP contribution in [-0.4, -0.2) is 47.2 Å². The molecule has 0 bridgehead atoms. The molecule has 2 aliphatic heterocycles. The molecule has 138 valence electrons. The predicted molar refractivity (Wildman–Crippen MR) is 95.6 cm³/mol. The zero-order valence-corrected chi connectivity index (χ0v) is 15.0. The summed E-state index contributed by atoms with van der Waals surface area (Å²) in [5, 5.41) is 10.2. The Hall–Kier alpha value is -1.96. The molecule has 1 amide bonds. The highest BCUT2D eigenvalue weighted by molar-refractivity contribution is 6.30. The van der Waals surface area contributed by atoms with E-state index in [9.17, 15) is 9.18 Å². The third-order valence-electron chi connectivity index (χ3n) is 5.16. The van der Waals surface area contributed by atoms with Gasteiger partial charge in [-0.05, 0) is 43.0 Å². The Kier molecular flexibility index (Phi) is 4.69. The van der Waals surface area contributed by atoms with E-state index >= 15 is 0 Å². The van der Waals surface area contributed by atoms with Crippen LogP contribution in [-0.2, 0) is 21.6 Å². The second kappa shape index (κ2) is 6.98. The van der Waals surface area contributed by atoms with Crippen LogP contribution in [0.2, 0.25) is 5.02 Å². The molecule has 2 N–H and O–H groups in total. The number of halogens is 2. The van der Waals surface area contributed by atoms with Gasteiger partial charge in [0.1, 0.15) is 11.4 Å². The van der Waals surface area contributed by atoms with Crippen molar-refractivity contribution in [2.24, 2.45) is 0 Å². The van der Waals surface area contributed by atoms with Crippen molar-refractivity contribution >= 4 is 23.2 Å². The second-order valence-electron chi connectivity index (χ2n) is 6.81. The number of aromatic nitrogens is 2. The maximum Gasteiger partial charge on any atom is 0.238 e. The Morgan fingerprint density at radius 3 is 3.00 bits per heavy atom. The standard InChI is InChI=1S/C18H20ClFN4O2/c19-13-1-2-15(14(20)9-13)22-16(25)11-24-6-4-18(5-7-24)17-12(3-8-26-18)10-21-23-17/h1-2,9-10H,3-8,11H2,(H,21,23)(H,22,25). The number of carbonyl (C=O) groups excluding carboxylic acids is 1. The van der Waals surface area contributed by atoms with E-state index in [1.165, 1.54) is 17.7 Å². The van der Waals surface area contributed by atoms with Crippen LogP contribution in [0.5, 0.6) is 0 Å². The summed E-state index contributed by atoms with van der Waals surface area (Å²) in [7, 11) is 0. The van der Waals surface area contributed by atoms with Gasteiger partial charge in [-0.2, -0.15) is 5.10 Å². The molecule has 0 aliphatic carbocycles. The van der Waals surface area contributed by atoms with Crippen molar-refractivity contribution in [3.63, 3.8) is 0 Å². The van der Waals surface area contributed by atoms with Gasteiger partial charge in [0.15, 0.2) is 0 Å². The number of piperidine rings is 1. The maximum absolute atomic E-state index is 13.8. The van der Waals surface area contributed by atoms with Crippen molar-refractivity contribution in [2.75, 3.05) is 31.6 Å². The van der Waals surface area contributed by atoms with E-state index in [0.717, 1.165) is 38.0 Å². The fourth-order valence-electron chi connectivity index (χ4n) is 3.77. The highest BCUT2D eigenvalue weighted by Gasteiger charge is 2.42. The molecular formula is C18H20ClFN4O2. The van der Waals surface area contributed by atoms with E-state index in [1.807, 2.05) is 6.20 Å². The van der Waals surface area contributed by atoms with Gasteiger partial charge in [0.2, 0.25) is 5.91 Å². The van der Waals surface area contributed by atoms with Gasteiger partial charge in [-0.25, -0.2) is 4.39 Å². The summed E-state index contributed by atoms with van der Waals surface area (Å²) in [4.78, 5) is 14.3. The number of H-pyrrole nitrogens is 1. The Balaban J connectivity index is 1.35. The van der Waals surface area contributed by atoms with Crippen LogP contribution in [0, 0.1) is 5.82 Å². The molecule has 1 spiro atoms. The van der Waals surface area contributed by atoms with Gasteiger partial charge in [0, 0.05) is 18.1 Å². The molecule has 0 radical (unpaired) electrons. The highest BCUT2D eigenvalue weighted by Crippen LogP contribution is 2.40. The minimum absolute atomic E-state index is 0.144. The largest absolute Gasteiger partial charge is 0.368 e. The number of benzene rings is 1. The van der Waals surface area contributed by atoms with Gasteiger partial charge in [-0.1, -0.05) is 11.6 Å². The van der Waals surface area contributed by atoms with Crippen LogP contribution in [0.15, 0.2) is 24.4 Å². The monoisotopic (exact) mass is 378 g/mol. The summed E-state index contributed by atoms with van der Waals surface area (Å²) in [6.45, 7) is 2.38. The minimum atomic E-state index is -0.536. The van der Waals surface area contributed by atoms with Crippen molar-refractivity contribution in [3.05, 3.63) is 46.5 Å². The number of amides is 1. The van der Waals surface area contributed by atoms with E-state index in [0.29, 0.717) is 11.6 Å². The number of aromatic amines is 1. The highest BCUT2D eigenvalue weighted by atomic mass is 35.5. The SMILES string of the molecule is O=C(CN1CCC2(CC1)OCCc1cn[nH]c12)Nc1ccc(Cl)cc1F. The second-order valence-corrected chi connectivity index (χ2v) is 7.25. The number of fused-ring (bicyclic) bond motifs is 2. The zero-order chi connectivity index (χ0) is 18.1. The number of nitrogens with one attached hydrogen (secondary N) is 2. The fraction of sp³-hybridized carbons (Fsp3) is 0.444. The lowest BCUT2D eigenvalue weighted by Crippen LogP contribution is -2.48. The fourth-order valence-corrected chi connectivity index (χ4v) is 3.93. The van der Waals surface area contributed by atoms with Crippen LogP contribution >= 0.6 is 11.6 Å². The molecule has 1 saturated heterocycles. The molecule has 0 atom stereocenters. The van der Waals surface area contributed by atoms with Crippen LogP contribution in [0.25, 0.3) is 0 Å². The van der Waals surface area contributed by atoms with Crippen molar-refractivity contribution in [1.29, 1.82) is 0 Å². The molecule has 1 aromatic carbocycles. The van der Waals surface area contributed by atoms with E-state index in [4.69, 9.17) is 16.3 Å². The predicted octanol–water partition coefficient (Wildman–Crippen LogP) is 2.70. The lowest BCUT2D eigenvalue weighted by atomic mass is 9.84. The van der Waals surface area contributed by atoms with Gasteiger partial charge in [0.25, 0.3) is 0 Å². The summed E-state index contributed by atoms with van der Waals surface area (Å²) in [5.41, 5.74) is 2.13. The molecule has 8 heteroatoms. The Morgan fingerprint density at radius 1 is 1.42 bits per heavy atom. The van der Waals surface area contributed by atoms with Crippen LogP contribution in [0.3, 0.4) is 0 Å². The average molecular weight is 379 g/mol. The molecule has 26 heavy (non-hydrogen) atoms. The summed E-state index contributed by atoms with van der Waals surface area (Å²) in [6, 6.07) is 4.20. The number of hydrogen-bond acceptors (Lipinski definition) is 4. The Morgan fingerprint density at radius 2 is 2.23 bits per heavy atom. The molecule has 0 saturated carbocycles. The first kappa shape index (κ1) is 17.5. The number of hydrogen-bond donors (Lipinski definition) is 2. The van der Waals surface area contributed by atoms with E-state index in [2.05, 4.69) is 20.4 Å². The van der Waals surface area contributed by atoms with Crippen LogP contribution in [0.1, 0.15) is 24.1 Å². The first-order valence-electron chi connectivity index (χ1n) is 8.70. The van der Waals surface area contributed by atoms with E-state index in [-0.39, 0.29) is 23.7 Å². The normalized spacial score (nSPS) is 19.3. The van der Waals surface area contributed by atoms with Crippen molar-refractivity contribution in [2.45, 2.75) is 24.9 Å². The van der Waals surface area contributed by atoms with Crippen LogP contribution in [0.4, 0.5) is 10.1 Å². The molecular weight excluding hydrogens is 359 g/mol. The number of ether oxygens (including phenoxy) is 1. The van der Waals surface area contributed by atoms with Gasteiger partial charge in [0.05, 0.1) is 30.7 Å². The summed E-state index contributed by atoms with van der Waals surface area (Å²) in [5.74, 6) is -0.778. The molecule has 2 aliphatic rings. The Bertz CT molecular complexity index is 817. The molecule has 4 rings (SSSR count). The average Bonchev–Trinajstić information content (AvgIpc) is 3.10. The third-order valence-corrected chi connectivity index (χ3v) is 5.39. The molecule has 2 aromatic rings. The molecule has 1 aromatic heterocycles. The van der Waals surface area contributed by atoms with Gasteiger partial charge in [-0.3, -0.25) is 14.8 Å². The van der Waals surface area contributed by atoms with Gasteiger partial charge >= 0.3 is 0 Å². The maximum atomic E-state index is 13.8. The summed E-state index contributed by atoms with van der Waals surface area (Å²) >= 11 is 5.73. The lowest BCUT2D eigenvalue weighted by molar-refractivity contribution is -0.122. The third kappa shape index (κ3) is 3.34. The van der Waals surface area contributed by atoms with Gasteiger partial charge < -0.3 is 10.1 Å².